The summed E-state index contributed by atoms with van der Waals surface area (Å²) < 4.78 is 29.1. The highest BCUT2D eigenvalue weighted by Crippen LogP contribution is 2.30. The number of hydrogen-bond donors (Lipinski definition) is 1. The third-order valence-corrected chi connectivity index (χ3v) is 4.28. The van der Waals surface area contributed by atoms with Gasteiger partial charge in [0.1, 0.15) is 10.8 Å². The van der Waals surface area contributed by atoms with Crippen LogP contribution >= 0.6 is 23.4 Å². The summed E-state index contributed by atoms with van der Waals surface area (Å²) in [5, 5.41) is 3.01. The van der Waals surface area contributed by atoms with Crippen LogP contribution in [0.1, 0.15) is 6.92 Å². The molecule has 0 saturated heterocycles. The van der Waals surface area contributed by atoms with Crippen LogP contribution in [0.3, 0.4) is 0 Å². The van der Waals surface area contributed by atoms with Crippen molar-refractivity contribution >= 4 is 35.0 Å². The average Bonchev–Trinajstić information content (AvgIpc) is 2.51. The molecule has 8 heteroatoms. The Morgan fingerprint density at radius 3 is 2.74 bits per heavy atom. The Hall–Kier alpha value is -1.86. The molecule has 0 saturated carbocycles. The zero-order valence-corrected chi connectivity index (χ0v) is 13.6. The highest BCUT2D eigenvalue weighted by Gasteiger charge is 2.19. The lowest BCUT2D eigenvalue weighted by Gasteiger charge is -2.15. The number of amides is 1. The molecule has 0 aliphatic rings. The molecule has 0 fully saturated rings. The highest BCUT2D eigenvalue weighted by atomic mass is 35.5. The first-order valence-corrected chi connectivity index (χ1v) is 7.85. The summed E-state index contributed by atoms with van der Waals surface area (Å²) in [6.45, 7) is -1.30. The standard InChI is InChI=1S/C15H13ClF2N2O2S/c1-9(23-14-10(16)5-4-8-19-14)13(21)20-11-6-2-3-7-12(11)22-15(17)18/h2-9,15H,1H3,(H,20,21)/t9-/m0/s1. The molecule has 1 N–H and O–H groups in total. The van der Waals surface area contributed by atoms with E-state index >= 15 is 0 Å². The zero-order chi connectivity index (χ0) is 16.8. The topological polar surface area (TPSA) is 51.2 Å². The molecule has 0 aliphatic heterocycles. The first-order valence-electron chi connectivity index (χ1n) is 6.59. The predicted molar refractivity (Wildman–Crippen MR) is 86.3 cm³/mol. The Bertz CT molecular complexity index is 688. The van der Waals surface area contributed by atoms with Crippen molar-refractivity contribution in [3.05, 3.63) is 47.6 Å². The van der Waals surface area contributed by atoms with Gasteiger partial charge in [-0.05, 0) is 31.2 Å². The molecule has 0 bridgehead atoms. The summed E-state index contributed by atoms with van der Waals surface area (Å²) in [7, 11) is 0. The molecule has 0 aliphatic carbocycles. The first-order chi connectivity index (χ1) is 11.0. The van der Waals surface area contributed by atoms with Crippen LogP contribution < -0.4 is 10.1 Å². The molecule has 1 aromatic carbocycles. The number of benzene rings is 1. The van der Waals surface area contributed by atoms with Crippen LogP contribution in [0.5, 0.6) is 5.75 Å². The smallest absolute Gasteiger partial charge is 0.387 e. The maximum absolute atomic E-state index is 12.4. The third kappa shape index (κ3) is 5.07. The van der Waals surface area contributed by atoms with Crippen LogP contribution in [0.4, 0.5) is 14.5 Å². The molecule has 4 nitrogen and oxygen atoms in total. The molecule has 2 aromatic rings. The van der Waals surface area contributed by atoms with E-state index < -0.39 is 11.9 Å². The van der Waals surface area contributed by atoms with Crippen molar-refractivity contribution in [1.29, 1.82) is 0 Å². The first kappa shape index (κ1) is 17.5. The maximum atomic E-state index is 12.4. The van der Waals surface area contributed by atoms with Crippen LogP contribution in [0, 0.1) is 0 Å². The summed E-state index contributed by atoms with van der Waals surface area (Å²) in [5.74, 6) is -0.467. The van der Waals surface area contributed by atoms with Gasteiger partial charge in [0.15, 0.2) is 0 Å². The summed E-state index contributed by atoms with van der Waals surface area (Å²) in [6, 6.07) is 9.36. The Morgan fingerprint density at radius 2 is 2.04 bits per heavy atom. The molecule has 1 aromatic heterocycles. The summed E-state index contributed by atoms with van der Waals surface area (Å²) >= 11 is 7.17. The summed E-state index contributed by atoms with van der Waals surface area (Å²) in [5.41, 5.74) is 0.178. The third-order valence-electron chi connectivity index (χ3n) is 2.74. The van der Waals surface area contributed by atoms with Crippen molar-refractivity contribution < 1.29 is 18.3 Å². The van der Waals surface area contributed by atoms with Crippen molar-refractivity contribution in [3.63, 3.8) is 0 Å². The van der Waals surface area contributed by atoms with E-state index in [2.05, 4.69) is 15.0 Å². The minimum absolute atomic E-state index is 0.0936. The van der Waals surface area contributed by atoms with E-state index in [9.17, 15) is 13.6 Å². The fraction of sp³-hybridized carbons (Fsp3) is 0.200. The normalized spacial score (nSPS) is 12.0. The van der Waals surface area contributed by atoms with Gasteiger partial charge in [-0.25, -0.2) is 4.98 Å². The van der Waals surface area contributed by atoms with Crippen molar-refractivity contribution in [2.75, 3.05) is 5.32 Å². The molecule has 1 atom stereocenters. The molecule has 0 spiro atoms. The molecule has 23 heavy (non-hydrogen) atoms. The molecule has 2 rings (SSSR count). The van der Waals surface area contributed by atoms with Gasteiger partial charge in [0.25, 0.3) is 0 Å². The minimum atomic E-state index is -2.97. The van der Waals surface area contributed by atoms with Crippen LogP contribution in [0.25, 0.3) is 0 Å². The number of anilines is 1. The van der Waals surface area contributed by atoms with Gasteiger partial charge in [-0.1, -0.05) is 35.5 Å². The second-order valence-corrected chi connectivity index (χ2v) is 6.15. The van der Waals surface area contributed by atoms with Gasteiger partial charge in [0.05, 0.1) is 16.0 Å². The van der Waals surface area contributed by atoms with E-state index in [1.165, 1.54) is 23.9 Å². The van der Waals surface area contributed by atoms with Crippen molar-refractivity contribution in [2.45, 2.75) is 23.8 Å². The largest absolute Gasteiger partial charge is 0.433 e. The van der Waals surface area contributed by atoms with E-state index in [1.807, 2.05) is 0 Å². The average molecular weight is 359 g/mol. The highest BCUT2D eigenvalue weighted by molar-refractivity contribution is 8.00. The van der Waals surface area contributed by atoms with Gasteiger partial charge >= 0.3 is 6.61 Å². The fourth-order valence-corrected chi connectivity index (χ4v) is 2.74. The number of ether oxygens (including phenoxy) is 1. The molecular weight excluding hydrogens is 346 g/mol. The Kier molecular flexibility index (Phi) is 6.18. The lowest BCUT2D eigenvalue weighted by Crippen LogP contribution is -2.23. The zero-order valence-electron chi connectivity index (χ0n) is 12.0. The van der Waals surface area contributed by atoms with Crippen molar-refractivity contribution in [3.8, 4) is 5.75 Å². The van der Waals surface area contributed by atoms with Gasteiger partial charge in [-0.2, -0.15) is 8.78 Å². The maximum Gasteiger partial charge on any atom is 0.387 e. The number of carbonyl (C=O) groups excluding carboxylic acids is 1. The fourth-order valence-electron chi connectivity index (χ4n) is 1.68. The van der Waals surface area contributed by atoms with Gasteiger partial charge in [0.2, 0.25) is 5.91 Å². The lowest BCUT2D eigenvalue weighted by molar-refractivity contribution is -0.115. The Morgan fingerprint density at radius 1 is 1.30 bits per heavy atom. The number of pyridine rings is 1. The SMILES string of the molecule is C[C@H](Sc1ncccc1Cl)C(=O)Nc1ccccc1OC(F)F. The predicted octanol–water partition coefficient (Wildman–Crippen LogP) is 4.46. The number of aromatic nitrogens is 1. The van der Waals surface area contributed by atoms with Crippen molar-refractivity contribution in [2.24, 2.45) is 0 Å². The molecule has 0 radical (unpaired) electrons. The van der Waals surface area contributed by atoms with E-state index in [0.717, 1.165) is 0 Å². The van der Waals surface area contributed by atoms with Gasteiger partial charge in [0, 0.05) is 6.20 Å². The molecule has 1 heterocycles. The van der Waals surface area contributed by atoms with E-state index in [1.54, 1.807) is 37.4 Å². The van der Waals surface area contributed by atoms with Gasteiger partial charge < -0.3 is 10.1 Å². The number of thioether (sulfide) groups is 1. The Balaban J connectivity index is 2.05. The molecule has 0 unspecified atom stereocenters. The number of nitrogens with zero attached hydrogens (tertiary/aromatic N) is 1. The number of nitrogens with one attached hydrogen (secondary N) is 1. The van der Waals surface area contributed by atoms with Crippen LogP contribution in [0.2, 0.25) is 5.02 Å². The van der Waals surface area contributed by atoms with Crippen molar-refractivity contribution in [1.82, 2.24) is 4.98 Å². The van der Waals surface area contributed by atoms with Gasteiger partial charge in [-0.15, -0.1) is 0 Å². The van der Waals surface area contributed by atoms with E-state index in [-0.39, 0.29) is 17.3 Å². The molecule has 122 valence electrons. The van der Waals surface area contributed by atoms with E-state index in [4.69, 9.17) is 11.6 Å². The minimum Gasteiger partial charge on any atom is -0.433 e. The number of para-hydroxylation sites is 2. The second-order valence-electron chi connectivity index (χ2n) is 4.41. The molecule has 1 amide bonds. The van der Waals surface area contributed by atoms with Crippen LogP contribution in [-0.4, -0.2) is 22.8 Å². The summed E-state index contributed by atoms with van der Waals surface area (Å²) in [4.78, 5) is 16.3. The lowest BCUT2D eigenvalue weighted by atomic mass is 10.3. The second kappa shape index (κ2) is 8.12. The van der Waals surface area contributed by atoms with Crippen LogP contribution in [-0.2, 0) is 4.79 Å². The van der Waals surface area contributed by atoms with Gasteiger partial charge in [-0.3, -0.25) is 4.79 Å². The number of halogens is 3. The number of rotatable bonds is 6. The monoisotopic (exact) mass is 358 g/mol. The molecular formula is C15H13ClF2N2O2S. The summed E-state index contributed by atoms with van der Waals surface area (Å²) in [6.07, 6.45) is 1.57. The van der Waals surface area contributed by atoms with E-state index in [0.29, 0.717) is 10.0 Å². The quantitative estimate of drug-likeness (QED) is 0.775. The number of carbonyl (C=O) groups is 1. The number of alkyl halides is 2. The number of hydrogen-bond acceptors (Lipinski definition) is 4. The van der Waals surface area contributed by atoms with Crippen LogP contribution in [0.15, 0.2) is 47.6 Å². The Labute approximate surface area is 141 Å².